The van der Waals surface area contributed by atoms with E-state index < -0.39 is 12.5 Å². The number of thiazole rings is 1. The molecule has 6 nitrogen and oxygen atoms in total. The number of amides is 1. The van der Waals surface area contributed by atoms with Gasteiger partial charge in [-0.2, -0.15) is 8.78 Å². The number of hydrogen-bond donors (Lipinski definition) is 1. The molecular weight excluding hydrogens is 430 g/mol. The molecule has 2 aromatic heterocycles. The molecule has 3 aromatic rings. The predicted octanol–water partition coefficient (Wildman–Crippen LogP) is 5.14. The van der Waals surface area contributed by atoms with Gasteiger partial charge >= 0.3 is 6.61 Å². The summed E-state index contributed by atoms with van der Waals surface area (Å²) in [6, 6.07) is 6.11. The Morgan fingerprint density at radius 1 is 1.29 bits per heavy atom. The van der Waals surface area contributed by atoms with Crippen molar-refractivity contribution in [3.63, 3.8) is 0 Å². The van der Waals surface area contributed by atoms with E-state index in [1.165, 1.54) is 41.4 Å². The topological polar surface area (TPSA) is 77.0 Å². The van der Waals surface area contributed by atoms with Gasteiger partial charge in [0.25, 0.3) is 5.91 Å². The number of nitrogens with one attached hydrogen (secondary N) is 1. The lowest BCUT2D eigenvalue weighted by Crippen LogP contribution is -2.15. The first kappa shape index (κ1) is 20.4. The summed E-state index contributed by atoms with van der Waals surface area (Å²) in [4.78, 5) is 25.9. The van der Waals surface area contributed by atoms with Crippen molar-refractivity contribution in [1.82, 2.24) is 15.0 Å². The second kappa shape index (κ2) is 8.80. The maximum atomic E-state index is 12.5. The monoisotopic (exact) mass is 442 g/mol. The molecule has 1 aromatic carbocycles. The van der Waals surface area contributed by atoms with E-state index in [4.69, 9.17) is 11.6 Å². The van der Waals surface area contributed by atoms with Gasteiger partial charge in [-0.25, -0.2) is 15.0 Å². The zero-order valence-electron chi connectivity index (χ0n) is 14.6. The van der Waals surface area contributed by atoms with Gasteiger partial charge in [-0.15, -0.1) is 11.3 Å². The number of thioether (sulfide) groups is 1. The summed E-state index contributed by atoms with van der Waals surface area (Å²) < 4.78 is 28.8. The first-order valence-corrected chi connectivity index (χ1v) is 10.2. The van der Waals surface area contributed by atoms with E-state index >= 15 is 0 Å². The molecule has 1 N–H and O–H groups in total. The lowest BCUT2D eigenvalue weighted by molar-refractivity contribution is -0.0498. The third kappa shape index (κ3) is 4.75. The number of halogens is 3. The Balaban J connectivity index is 1.80. The average Bonchev–Trinajstić information content (AvgIpc) is 3.02. The van der Waals surface area contributed by atoms with Gasteiger partial charge in [0.2, 0.25) is 0 Å². The number of aryl methyl sites for hydroxylation is 1. The van der Waals surface area contributed by atoms with Crippen molar-refractivity contribution in [2.24, 2.45) is 0 Å². The van der Waals surface area contributed by atoms with E-state index in [-0.39, 0.29) is 16.5 Å². The SMILES string of the molecule is CSc1ncc(Cl)c(C(=O)Nc2nc(-c3ccc(OC(F)F)cc3)c(C)s2)n1. The van der Waals surface area contributed by atoms with Crippen LogP contribution >= 0.6 is 34.7 Å². The van der Waals surface area contributed by atoms with E-state index in [1.807, 2.05) is 6.92 Å². The number of alkyl halides is 2. The summed E-state index contributed by atoms with van der Waals surface area (Å²) >= 11 is 8.59. The van der Waals surface area contributed by atoms with Crippen molar-refractivity contribution in [1.29, 1.82) is 0 Å². The molecule has 0 fully saturated rings. The van der Waals surface area contributed by atoms with E-state index in [2.05, 4.69) is 25.0 Å². The van der Waals surface area contributed by atoms with Gasteiger partial charge in [-0.1, -0.05) is 23.4 Å². The minimum Gasteiger partial charge on any atom is -0.435 e. The largest absolute Gasteiger partial charge is 0.435 e. The van der Waals surface area contributed by atoms with Crippen LogP contribution in [0.4, 0.5) is 13.9 Å². The van der Waals surface area contributed by atoms with Gasteiger partial charge in [0.1, 0.15) is 5.75 Å². The quantitative estimate of drug-likeness (QED) is 0.421. The third-order valence-corrected chi connectivity index (χ3v) is 5.21. The van der Waals surface area contributed by atoms with Gasteiger partial charge in [-0.3, -0.25) is 10.1 Å². The lowest BCUT2D eigenvalue weighted by atomic mass is 10.1. The van der Waals surface area contributed by atoms with E-state index in [9.17, 15) is 13.6 Å². The molecule has 2 heterocycles. The zero-order valence-corrected chi connectivity index (χ0v) is 17.0. The number of hydrogen-bond acceptors (Lipinski definition) is 7. The minimum atomic E-state index is -2.88. The number of anilines is 1. The van der Waals surface area contributed by atoms with Crippen molar-refractivity contribution in [3.8, 4) is 17.0 Å². The second-order valence-corrected chi connectivity index (χ2v) is 7.72. The molecule has 0 atom stereocenters. The maximum absolute atomic E-state index is 12.5. The molecule has 0 radical (unpaired) electrons. The van der Waals surface area contributed by atoms with E-state index in [0.717, 1.165) is 4.88 Å². The first-order chi connectivity index (χ1) is 13.4. The highest BCUT2D eigenvalue weighted by Crippen LogP contribution is 2.32. The third-order valence-electron chi connectivity index (χ3n) is 3.49. The molecule has 3 rings (SSSR count). The Morgan fingerprint density at radius 2 is 2.00 bits per heavy atom. The fourth-order valence-corrected chi connectivity index (χ4v) is 3.63. The smallest absolute Gasteiger partial charge is 0.387 e. The van der Waals surface area contributed by atoms with E-state index in [0.29, 0.717) is 21.5 Å². The Bertz CT molecular complexity index is 999. The standard InChI is InChI=1S/C17H13ClF2N4O2S2/c1-8-12(9-3-5-10(6-4-9)26-15(19)20)22-17(28-8)24-14(25)13-11(18)7-21-16(23-13)27-2/h3-7,15H,1-2H3,(H,22,24,25). The number of aromatic nitrogens is 3. The molecule has 0 saturated carbocycles. The highest BCUT2D eigenvalue weighted by atomic mass is 35.5. The number of ether oxygens (including phenoxy) is 1. The minimum absolute atomic E-state index is 0.0585. The first-order valence-electron chi connectivity index (χ1n) is 7.78. The molecule has 0 spiro atoms. The summed E-state index contributed by atoms with van der Waals surface area (Å²) in [7, 11) is 0. The van der Waals surface area contributed by atoms with Crippen LogP contribution in [0.5, 0.6) is 5.75 Å². The number of rotatable bonds is 6. The fourth-order valence-electron chi connectivity index (χ4n) is 2.28. The lowest BCUT2D eigenvalue weighted by Gasteiger charge is -2.05. The van der Waals surface area contributed by atoms with Gasteiger partial charge in [0, 0.05) is 10.4 Å². The van der Waals surface area contributed by atoms with Gasteiger partial charge in [0.15, 0.2) is 16.0 Å². The average molecular weight is 443 g/mol. The number of benzene rings is 1. The molecule has 0 bridgehead atoms. The summed E-state index contributed by atoms with van der Waals surface area (Å²) in [5.74, 6) is -0.438. The van der Waals surface area contributed by atoms with Crippen LogP contribution in [-0.4, -0.2) is 33.7 Å². The fraction of sp³-hybridized carbons (Fsp3) is 0.176. The molecule has 0 aliphatic carbocycles. The summed E-state index contributed by atoms with van der Waals surface area (Å²) in [6.45, 7) is -1.04. The van der Waals surface area contributed by atoms with Crippen molar-refractivity contribution in [2.75, 3.05) is 11.6 Å². The van der Waals surface area contributed by atoms with Crippen LogP contribution in [0.15, 0.2) is 35.6 Å². The summed E-state index contributed by atoms with van der Waals surface area (Å²) in [5, 5.41) is 3.61. The molecule has 28 heavy (non-hydrogen) atoms. The predicted molar refractivity (Wildman–Crippen MR) is 106 cm³/mol. The van der Waals surface area contributed by atoms with Gasteiger partial charge in [-0.05, 0) is 37.4 Å². The number of carbonyl (C=O) groups is 1. The molecule has 0 unspecified atom stereocenters. The maximum Gasteiger partial charge on any atom is 0.387 e. The summed E-state index contributed by atoms with van der Waals surface area (Å²) in [6.07, 6.45) is 3.16. The van der Waals surface area contributed by atoms with Crippen molar-refractivity contribution < 1.29 is 18.3 Å². The highest BCUT2D eigenvalue weighted by molar-refractivity contribution is 7.98. The van der Waals surface area contributed by atoms with Crippen LogP contribution in [0.1, 0.15) is 15.4 Å². The summed E-state index contributed by atoms with van der Waals surface area (Å²) in [5.41, 5.74) is 1.40. The molecule has 0 saturated heterocycles. The number of nitrogens with zero attached hydrogens (tertiary/aromatic N) is 3. The normalized spacial score (nSPS) is 10.9. The van der Waals surface area contributed by atoms with Crippen LogP contribution in [0, 0.1) is 6.92 Å². The molecule has 0 aliphatic rings. The van der Waals surface area contributed by atoms with Gasteiger partial charge < -0.3 is 4.74 Å². The van der Waals surface area contributed by atoms with Gasteiger partial charge in [0.05, 0.1) is 16.9 Å². The second-order valence-electron chi connectivity index (χ2n) is 5.33. The van der Waals surface area contributed by atoms with Crippen LogP contribution < -0.4 is 10.1 Å². The zero-order chi connectivity index (χ0) is 20.3. The van der Waals surface area contributed by atoms with Crippen LogP contribution in [-0.2, 0) is 0 Å². The highest BCUT2D eigenvalue weighted by Gasteiger charge is 2.18. The van der Waals surface area contributed by atoms with Crippen LogP contribution in [0.25, 0.3) is 11.3 Å². The molecule has 0 aliphatic heterocycles. The molecule has 1 amide bonds. The Morgan fingerprint density at radius 3 is 2.64 bits per heavy atom. The molecule has 146 valence electrons. The van der Waals surface area contributed by atoms with E-state index in [1.54, 1.807) is 18.4 Å². The van der Waals surface area contributed by atoms with Crippen molar-refractivity contribution in [2.45, 2.75) is 18.7 Å². The Labute approximate surface area is 172 Å². The van der Waals surface area contributed by atoms with Crippen molar-refractivity contribution >= 4 is 45.7 Å². The van der Waals surface area contributed by atoms with Crippen molar-refractivity contribution in [3.05, 3.63) is 46.1 Å². The van der Waals surface area contributed by atoms with Crippen LogP contribution in [0.3, 0.4) is 0 Å². The molecule has 11 heteroatoms. The Kier molecular flexibility index (Phi) is 6.42. The number of carbonyl (C=O) groups excluding carboxylic acids is 1. The molecular formula is C17H13ClF2N4O2S2. The Hall–Kier alpha value is -2.30. The van der Waals surface area contributed by atoms with Crippen LogP contribution in [0.2, 0.25) is 5.02 Å².